The van der Waals surface area contributed by atoms with Crippen molar-refractivity contribution in [2.45, 2.75) is 0 Å². The topological polar surface area (TPSA) is 122 Å². The molecular weight excluding hydrogens is 461 g/mol. The van der Waals surface area contributed by atoms with E-state index in [1.807, 2.05) is 0 Å². The fraction of sp³-hybridized carbons (Fsp3) is 0. The Labute approximate surface area is 86.5 Å². The maximum atomic E-state index is 4.96. The molecule has 1 saturated heterocycles. The summed E-state index contributed by atoms with van der Waals surface area (Å²) >= 11 is -1.69. The van der Waals surface area contributed by atoms with Crippen LogP contribution in [0.15, 0.2) is 0 Å². The van der Waals surface area contributed by atoms with Crippen LogP contribution < -0.4 is 0 Å². The molecule has 57 valence electrons. The minimum absolute atomic E-state index is 0. The van der Waals surface area contributed by atoms with Crippen molar-refractivity contribution in [1.82, 2.24) is 0 Å². The van der Waals surface area contributed by atoms with E-state index in [0.717, 1.165) is 0 Å². The van der Waals surface area contributed by atoms with Gasteiger partial charge in [0, 0.05) is 0 Å². The first-order valence-electron chi connectivity index (χ1n) is 1.10. The van der Waals surface area contributed by atoms with E-state index >= 15 is 0 Å². The van der Waals surface area contributed by atoms with E-state index in [-0.39, 0.29) is 16.4 Å². The van der Waals surface area contributed by atoms with Gasteiger partial charge in [0.1, 0.15) is 0 Å². The van der Waals surface area contributed by atoms with Crippen molar-refractivity contribution in [3.05, 3.63) is 0 Å². The molecule has 6 nitrogen and oxygen atoms in total. The van der Waals surface area contributed by atoms with Crippen molar-refractivity contribution in [2.75, 3.05) is 0 Å². The van der Waals surface area contributed by atoms with Gasteiger partial charge in [-0.15, -0.1) is 0 Å². The molecule has 3 radical (unpaired) electrons. The summed E-state index contributed by atoms with van der Waals surface area (Å²) in [4.78, 5) is 0. The summed E-state index contributed by atoms with van der Waals surface area (Å²) in [5.74, 6) is 0. The van der Waals surface area contributed by atoms with Crippen LogP contribution in [-0.2, 0) is 3.88 Å². The van der Waals surface area contributed by atoms with E-state index in [1.54, 1.807) is 0 Å². The Morgan fingerprint density at radius 3 is 0.889 bits per heavy atom. The zero-order valence-electron chi connectivity index (χ0n) is 4.07. The molecule has 0 aromatic carbocycles. The number of hydrogen-bond donors (Lipinski definition) is 0. The van der Waals surface area contributed by atoms with E-state index in [2.05, 4.69) is 0 Å². The summed E-state index contributed by atoms with van der Waals surface area (Å²) in [7, 11) is 0. The Bertz CT molecular complexity index is 23.8. The van der Waals surface area contributed by atoms with Crippen molar-refractivity contribution >= 4 is 67.4 Å². The predicted octanol–water partition coefficient (Wildman–Crippen LogP) is -3.82. The number of hydrogen-bond acceptors (Lipinski definition) is 3. The maximum absolute atomic E-state index is 4.96. The third kappa shape index (κ3) is 10.2. The second-order valence-electron chi connectivity index (χ2n) is 0.469. The normalized spacial score (nSPS) is 16.0. The second-order valence-corrected chi connectivity index (χ2v) is 12.5. The molecule has 0 unspecified atom stereocenters. The molecule has 0 aromatic rings. The van der Waals surface area contributed by atoms with Crippen LogP contribution in [0.2, 0.25) is 0 Å². The van der Waals surface area contributed by atoms with Crippen LogP contribution in [0.3, 0.4) is 0 Å². The predicted molar refractivity (Wildman–Crippen MR) is 31.4 cm³/mol. The standard InChI is InChI=1S/3H2O.3O.3Sb/h3*1H2;;;;;;. The first-order valence-corrected chi connectivity index (χ1v) is 7.35. The van der Waals surface area contributed by atoms with Gasteiger partial charge in [-0.1, -0.05) is 0 Å². The summed E-state index contributed by atoms with van der Waals surface area (Å²) in [6.45, 7) is 0. The van der Waals surface area contributed by atoms with Gasteiger partial charge >= 0.3 is 71.3 Å². The minimum atomic E-state index is -0.563. The molecule has 0 spiro atoms. The molecule has 1 rings (SSSR count). The monoisotopic (exact) mass is 465 g/mol. The van der Waals surface area contributed by atoms with Gasteiger partial charge in [-0.3, -0.25) is 0 Å². The Hall–Kier alpha value is 2.21. The zero-order chi connectivity index (χ0) is 4.24. The number of rotatable bonds is 0. The molecule has 0 saturated carbocycles. The van der Waals surface area contributed by atoms with Crippen molar-refractivity contribution < 1.29 is 20.3 Å². The Morgan fingerprint density at radius 2 is 0.778 bits per heavy atom. The summed E-state index contributed by atoms with van der Waals surface area (Å²) in [6.07, 6.45) is 0. The third-order valence-corrected chi connectivity index (χ3v) is 9.00. The molecule has 1 heterocycles. The summed E-state index contributed by atoms with van der Waals surface area (Å²) in [5.41, 5.74) is 0. The second kappa shape index (κ2) is 12.9. The molecule has 6 N–H and O–H groups in total. The molecule has 9 heteroatoms. The molecule has 1 aliphatic rings. The molecular formula is H6O6Sb3. The molecule has 1 aliphatic heterocycles. The van der Waals surface area contributed by atoms with Crippen molar-refractivity contribution in [3.63, 3.8) is 0 Å². The van der Waals surface area contributed by atoms with Crippen LogP contribution in [-0.4, -0.2) is 83.8 Å². The fourth-order valence-corrected chi connectivity index (χ4v) is 15.3. The van der Waals surface area contributed by atoms with Gasteiger partial charge in [0.25, 0.3) is 0 Å². The van der Waals surface area contributed by atoms with Gasteiger partial charge in [-0.05, 0) is 0 Å². The Balaban J connectivity index is -0.000000120. The van der Waals surface area contributed by atoms with E-state index in [0.29, 0.717) is 0 Å². The zero-order valence-corrected chi connectivity index (χ0v) is 11.7. The van der Waals surface area contributed by atoms with Crippen molar-refractivity contribution in [2.24, 2.45) is 0 Å². The van der Waals surface area contributed by atoms with Gasteiger partial charge in [-0.2, -0.15) is 0 Å². The summed E-state index contributed by atoms with van der Waals surface area (Å²) in [5, 5.41) is 0. The van der Waals surface area contributed by atoms with Crippen molar-refractivity contribution in [3.8, 4) is 0 Å². The molecule has 0 amide bonds. The molecule has 1 fully saturated rings. The Morgan fingerprint density at radius 1 is 0.556 bits per heavy atom. The molecule has 0 atom stereocenters. The van der Waals surface area contributed by atoms with E-state index < -0.39 is 67.4 Å². The first kappa shape index (κ1) is 17.3. The van der Waals surface area contributed by atoms with Crippen LogP contribution in [0.25, 0.3) is 0 Å². The third-order valence-electron chi connectivity index (χ3n) is 0.200. The van der Waals surface area contributed by atoms with Gasteiger partial charge in [0.05, 0.1) is 0 Å². The van der Waals surface area contributed by atoms with E-state index in [4.69, 9.17) is 3.88 Å². The summed E-state index contributed by atoms with van der Waals surface area (Å²) < 4.78 is 14.9. The first-order chi connectivity index (χ1) is 3.00. The molecule has 0 aromatic heterocycles. The van der Waals surface area contributed by atoms with E-state index in [9.17, 15) is 0 Å². The average molecular weight is 467 g/mol. The van der Waals surface area contributed by atoms with Crippen LogP contribution in [0, 0.1) is 0 Å². The summed E-state index contributed by atoms with van der Waals surface area (Å²) in [6, 6.07) is 0. The van der Waals surface area contributed by atoms with Gasteiger partial charge in [-0.25, -0.2) is 0 Å². The van der Waals surface area contributed by atoms with Crippen molar-refractivity contribution in [1.29, 1.82) is 0 Å². The van der Waals surface area contributed by atoms with Crippen LogP contribution in [0.1, 0.15) is 0 Å². The quantitative estimate of drug-likeness (QED) is 0.340. The van der Waals surface area contributed by atoms with E-state index in [1.165, 1.54) is 0 Å². The van der Waals surface area contributed by atoms with Gasteiger partial charge in [0.15, 0.2) is 0 Å². The van der Waals surface area contributed by atoms with Gasteiger partial charge in [0.2, 0.25) is 0 Å². The van der Waals surface area contributed by atoms with Crippen LogP contribution >= 0.6 is 0 Å². The molecule has 0 aliphatic carbocycles. The Kier molecular flexibility index (Phi) is 24.8. The molecule has 0 bridgehead atoms. The van der Waals surface area contributed by atoms with Crippen LogP contribution in [0.5, 0.6) is 0 Å². The van der Waals surface area contributed by atoms with Crippen LogP contribution in [0.4, 0.5) is 0 Å². The SMILES string of the molecule is O.O.O.[O]1[Sb][O][Sb][O][Sb]1. The molecule has 9 heavy (non-hydrogen) atoms. The fourth-order valence-electron chi connectivity index (χ4n) is 0.0855. The average Bonchev–Trinajstić information content (AvgIpc) is 1.72. The van der Waals surface area contributed by atoms with Gasteiger partial charge < -0.3 is 16.4 Å².